The Labute approximate surface area is 434 Å². The summed E-state index contributed by atoms with van der Waals surface area (Å²) in [5, 5.41) is 11.9. The SMILES string of the molecule is c1cc(-c2cccc3c2c2ccccc2n3-c2cccc3ccccc23)cc(N(c2ccc(-c3ccc(-c4ccc5ccccc5c4)cc3)cc2)c2ccc(-c3cccc4ccccc34)c3oc4ccccc4c23)c1. The van der Waals surface area contributed by atoms with E-state index in [1.807, 2.05) is 0 Å². The van der Waals surface area contributed by atoms with Crippen LogP contribution in [0.1, 0.15) is 0 Å². The van der Waals surface area contributed by atoms with Gasteiger partial charge in [0.1, 0.15) is 11.2 Å². The number of rotatable bonds is 8. The van der Waals surface area contributed by atoms with Crippen LogP contribution in [-0.4, -0.2) is 4.57 Å². The van der Waals surface area contributed by atoms with E-state index >= 15 is 0 Å². The summed E-state index contributed by atoms with van der Waals surface area (Å²) in [5.41, 5.74) is 17.6. The fourth-order valence-electron chi connectivity index (χ4n) is 11.9. The summed E-state index contributed by atoms with van der Waals surface area (Å²) in [5.74, 6) is 0. The van der Waals surface area contributed by atoms with E-state index in [1.165, 1.54) is 76.5 Å². The number of furan rings is 1. The first-order chi connectivity index (χ1) is 37.2. The Balaban J connectivity index is 0.910. The van der Waals surface area contributed by atoms with Gasteiger partial charge < -0.3 is 13.9 Å². The van der Waals surface area contributed by atoms with Gasteiger partial charge in [-0.05, 0) is 133 Å². The van der Waals surface area contributed by atoms with Crippen molar-refractivity contribution in [2.24, 2.45) is 0 Å². The molecule has 3 nitrogen and oxygen atoms in total. The van der Waals surface area contributed by atoms with Crippen LogP contribution in [0, 0.1) is 0 Å². The molecular weight excluding hydrogens is 909 g/mol. The van der Waals surface area contributed by atoms with E-state index in [-0.39, 0.29) is 0 Å². The van der Waals surface area contributed by atoms with E-state index in [0.29, 0.717) is 0 Å². The van der Waals surface area contributed by atoms with Crippen LogP contribution >= 0.6 is 0 Å². The van der Waals surface area contributed by atoms with Gasteiger partial charge in [-0.1, -0.05) is 212 Å². The highest BCUT2D eigenvalue weighted by atomic mass is 16.3. The first kappa shape index (κ1) is 42.7. The monoisotopic (exact) mass is 954 g/mol. The summed E-state index contributed by atoms with van der Waals surface area (Å²) < 4.78 is 9.46. The number of aromatic nitrogens is 1. The zero-order valence-electron chi connectivity index (χ0n) is 40.9. The van der Waals surface area contributed by atoms with Crippen molar-refractivity contribution >= 4 is 93.1 Å². The lowest BCUT2D eigenvalue weighted by Gasteiger charge is -2.27. The fourth-order valence-corrected chi connectivity index (χ4v) is 11.9. The molecule has 15 aromatic rings. The van der Waals surface area contributed by atoms with Gasteiger partial charge >= 0.3 is 0 Å². The van der Waals surface area contributed by atoms with Crippen LogP contribution in [0.5, 0.6) is 0 Å². The second kappa shape index (κ2) is 17.4. The molecule has 0 aliphatic rings. The number of hydrogen-bond donors (Lipinski definition) is 0. The first-order valence-corrected chi connectivity index (χ1v) is 25.7. The zero-order chi connectivity index (χ0) is 49.4. The lowest BCUT2D eigenvalue weighted by molar-refractivity contribution is 0.670. The molecule has 2 aromatic heterocycles. The Bertz CT molecular complexity index is 4700. The number of anilines is 3. The Morgan fingerprint density at radius 2 is 0.867 bits per heavy atom. The minimum Gasteiger partial charge on any atom is -0.455 e. The van der Waals surface area contributed by atoms with E-state index in [0.717, 1.165) is 66.8 Å². The normalized spacial score (nSPS) is 11.7. The number of hydrogen-bond acceptors (Lipinski definition) is 2. The molecule has 0 aliphatic heterocycles. The van der Waals surface area contributed by atoms with Crippen molar-refractivity contribution in [1.29, 1.82) is 0 Å². The van der Waals surface area contributed by atoms with Crippen molar-refractivity contribution in [1.82, 2.24) is 4.57 Å². The predicted molar refractivity (Wildman–Crippen MR) is 317 cm³/mol. The van der Waals surface area contributed by atoms with Crippen molar-refractivity contribution in [3.63, 3.8) is 0 Å². The number of benzene rings is 13. The molecule has 350 valence electrons. The quantitative estimate of drug-likeness (QED) is 0.151. The molecule has 0 bridgehead atoms. The van der Waals surface area contributed by atoms with Gasteiger partial charge in [0, 0.05) is 38.5 Å². The molecule has 3 heteroatoms. The first-order valence-electron chi connectivity index (χ1n) is 25.7. The van der Waals surface area contributed by atoms with E-state index in [4.69, 9.17) is 4.42 Å². The Kier molecular flexibility index (Phi) is 9.89. The van der Waals surface area contributed by atoms with Gasteiger partial charge in [-0.2, -0.15) is 0 Å². The molecule has 0 atom stereocenters. The average Bonchev–Trinajstić information content (AvgIpc) is 4.10. The fraction of sp³-hybridized carbons (Fsp3) is 0. The molecule has 0 N–H and O–H groups in total. The van der Waals surface area contributed by atoms with Crippen LogP contribution < -0.4 is 4.90 Å². The van der Waals surface area contributed by atoms with E-state index in [2.05, 4.69) is 289 Å². The third kappa shape index (κ3) is 7.05. The van der Waals surface area contributed by atoms with Gasteiger partial charge in [0.25, 0.3) is 0 Å². The van der Waals surface area contributed by atoms with Gasteiger partial charge in [0.05, 0.1) is 27.8 Å². The van der Waals surface area contributed by atoms with Gasteiger partial charge in [0.15, 0.2) is 0 Å². The van der Waals surface area contributed by atoms with E-state index in [1.54, 1.807) is 0 Å². The van der Waals surface area contributed by atoms with Crippen molar-refractivity contribution in [3.8, 4) is 50.2 Å². The van der Waals surface area contributed by atoms with Gasteiger partial charge in [0.2, 0.25) is 0 Å². The van der Waals surface area contributed by atoms with Crippen LogP contribution in [0.4, 0.5) is 17.1 Å². The Morgan fingerprint density at radius 1 is 0.293 bits per heavy atom. The van der Waals surface area contributed by atoms with Crippen molar-refractivity contribution in [2.45, 2.75) is 0 Å². The Morgan fingerprint density at radius 3 is 1.68 bits per heavy atom. The highest BCUT2D eigenvalue weighted by Gasteiger charge is 2.24. The third-order valence-electron chi connectivity index (χ3n) is 15.4. The smallest absolute Gasteiger partial charge is 0.145 e. The number of nitrogens with zero attached hydrogens (tertiary/aromatic N) is 2. The maximum atomic E-state index is 7.01. The highest BCUT2D eigenvalue weighted by molar-refractivity contribution is 6.19. The van der Waals surface area contributed by atoms with Crippen LogP contribution in [0.2, 0.25) is 0 Å². The second-order valence-electron chi connectivity index (χ2n) is 19.6. The van der Waals surface area contributed by atoms with E-state index < -0.39 is 0 Å². The molecule has 0 spiro atoms. The van der Waals surface area contributed by atoms with Crippen molar-refractivity contribution < 1.29 is 4.42 Å². The van der Waals surface area contributed by atoms with Crippen molar-refractivity contribution in [3.05, 3.63) is 279 Å². The minimum absolute atomic E-state index is 0.854. The average molecular weight is 955 g/mol. The summed E-state index contributed by atoms with van der Waals surface area (Å²) in [4.78, 5) is 2.42. The van der Waals surface area contributed by atoms with Gasteiger partial charge in [-0.25, -0.2) is 0 Å². The highest BCUT2D eigenvalue weighted by Crippen LogP contribution is 2.48. The summed E-state index contributed by atoms with van der Waals surface area (Å²) in [6, 6.07) is 101. The molecule has 0 aliphatic carbocycles. The zero-order valence-corrected chi connectivity index (χ0v) is 40.9. The largest absolute Gasteiger partial charge is 0.455 e. The molecule has 13 aromatic carbocycles. The lowest BCUT2D eigenvalue weighted by atomic mass is 9.95. The predicted octanol–water partition coefficient (Wildman–Crippen LogP) is 20.3. The third-order valence-corrected chi connectivity index (χ3v) is 15.4. The molecule has 0 saturated heterocycles. The molecule has 0 amide bonds. The summed E-state index contributed by atoms with van der Waals surface area (Å²) in [6.45, 7) is 0. The summed E-state index contributed by atoms with van der Waals surface area (Å²) >= 11 is 0. The van der Waals surface area contributed by atoms with E-state index in [9.17, 15) is 0 Å². The molecule has 75 heavy (non-hydrogen) atoms. The van der Waals surface area contributed by atoms with Crippen LogP contribution in [-0.2, 0) is 0 Å². The molecular formula is C72H46N2O. The van der Waals surface area contributed by atoms with Gasteiger partial charge in [-0.15, -0.1) is 0 Å². The van der Waals surface area contributed by atoms with Crippen molar-refractivity contribution in [2.75, 3.05) is 4.90 Å². The number of fused-ring (bicyclic) bond motifs is 9. The standard InChI is InChI=1S/C72H46N2O/c1-2-18-53-45-54(38-37-47(53)15-1)50-35-33-48(34-36-50)49-39-41-56(42-40-49)73(68-44-43-62(61-28-12-19-51-16-3-5-23-58(51)61)72-71(68)64-26-8-10-32-69(64)75-72)57-22-11-21-55(46-57)60-27-14-31-67-70(60)63-25-7-9-29-66(63)74(67)65-30-13-20-52-17-4-6-24-59(52)65/h1-46H. The lowest BCUT2D eigenvalue weighted by Crippen LogP contribution is -2.10. The maximum absolute atomic E-state index is 7.01. The van der Waals surface area contributed by atoms with Crippen LogP contribution in [0.25, 0.3) is 126 Å². The topological polar surface area (TPSA) is 21.3 Å². The number of para-hydroxylation sites is 2. The molecule has 0 saturated carbocycles. The molecule has 2 heterocycles. The molecule has 0 unspecified atom stereocenters. The van der Waals surface area contributed by atoms with Crippen LogP contribution in [0.15, 0.2) is 283 Å². The van der Waals surface area contributed by atoms with Crippen LogP contribution in [0.3, 0.4) is 0 Å². The molecule has 0 fully saturated rings. The molecule has 0 radical (unpaired) electrons. The second-order valence-corrected chi connectivity index (χ2v) is 19.6. The maximum Gasteiger partial charge on any atom is 0.145 e. The Hall–Kier alpha value is -9.96. The summed E-state index contributed by atoms with van der Waals surface area (Å²) in [6.07, 6.45) is 0. The molecule has 15 rings (SSSR count). The minimum atomic E-state index is 0.854. The summed E-state index contributed by atoms with van der Waals surface area (Å²) in [7, 11) is 0. The van der Waals surface area contributed by atoms with Gasteiger partial charge in [-0.3, -0.25) is 0 Å².